The zero-order valence-electron chi connectivity index (χ0n) is 12.5. The second-order valence-electron chi connectivity index (χ2n) is 4.06. The summed E-state index contributed by atoms with van der Waals surface area (Å²) in [5.74, 6) is -0.951. The molecule has 0 spiro atoms. The number of nitrogens with one attached hydrogen (secondary N) is 2. The predicted molar refractivity (Wildman–Crippen MR) is 76.7 cm³/mol. The molecule has 0 aliphatic rings. The molecular formula is C13H23N3O5. The van der Waals surface area contributed by atoms with Crippen molar-refractivity contribution in [2.45, 2.75) is 6.92 Å². The van der Waals surface area contributed by atoms with Crippen molar-refractivity contribution in [3.05, 3.63) is 12.7 Å². The minimum Gasteiger partial charge on any atom is -0.465 e. The second kappa shape index (κ2) is 11.9. The Kier molecular flexibility index (Phi) is 10.8. The number of carbonyl (C=O) groups excluding carboxylic acids is 3. The molecular weight excluding hydrogens is 278 g/mol. The normalized spacial score (nSPS) is 10.0. The third-order valence-electron chi connectivity index (χ3n) is 2.26. The number of carbonyl (C=O) groups is 3. The Labute approximate surface area is 124 Å². The van der Waals surface area contributed by atoms with Crippen molar-refractivity contribution in [2.75, 3.05) is 46.5 Å². The molecule has 0 saturated carbocycles. The Morgan fingerprint density at radius 3 is 2.57 bits per heavy atom. The van der Waals surface area contributed by atoms with Gasteiger partial charge in [0.05, 0.1) is 26.3 Å². The first-order valence-electron chi connectivity index (χ1n) is 6.59. The largest absolute Gasteiger partial charge is 0.465 e. The van der Waals surface area contributed by atoms with E-state index in [0.29, 0.717) is 19.7 Å². The molecule has 8 heteroatoms. The summed E-state index contributed by atoms with van der Waals surface area (Å²) in [5.41, 5.74) is 0. The van der Waals surface area contributed by atoms with Crippen molar-refractivity contribution < 1.29 is 23.9 Å². The molecule has 0 aromatic carbocycles. The van der Waals surface area contributed by atoms with Gasteiger partial charge in [0.15, 0.2) is 0 Å². The van der Waals surface area contributed by atoms with E-state index < -0.39 is 17.9 Å². The summed E-state index contributed by atoms with van der Waals surface area (Å²) < 4.78 is 9.57. The van der Waals surface area contributed by atoms with Gasteiger partial charge in [-0.05, 0) is 6.92 Å². The van der Waals surface area contributed by atoms with Gasteiger partial charge in [-0.15, -0.1) is 6.58 Å². The van der Waals surface area contributed by atoms with Crippen LogP contribution in [-0.4, -0.2) is 69.3 Å². The summed E-state index contributed by atoms with van der Waals surface area (Å²) in [7, 11) is 1.51. The van der Waals surface area contributed by atoms with E-state index in [4.69, 9.17) is 9.47 Å². The third kappa shape index (κ3) is 10.5. The lowest BCUT2D eigenvalue weighted by molar-refractivity contribution is -0.144. The van der Waals surface area contributed by atoms with Crippen LogP contribution in [0.15, 0.2) is 12.7 Å². The van der Waals surface area contributed by atoms with Crippen LogP contribution in [0.4, 0.5) is 4.79 Å². The Hall–Kier alpha value is -1.93. The SMILES string of the molecule is C=CCN(CC(=O)NC(=O)NCCOC)CC(=O)OCC. The molecule has 0 unspecified atom stereocenters. The second-order valence-corrected chi connectivity index (χ2v) is 4.06. The van der Waals surface area contributed by atoms with Crippen LogP contribution in [0.25, 0.3) is 0 Å². The highest BCUT2D eigenvalue weighted by Gasteiger charge is 2.15. The first-order chi connectivity index (χ1) is 10.0. The Morgan fingerprint density at radius 1 is 1.29 bits per heavy atom. The van der Waals surface area contributed by atoms with Crippen molar-refractivity contribution in [1.82, 2.24) is 15.5 Å². The van der Waals surface area contributed by atoms with E-state index in [9.17, 15) is 14.4 Å². The van der Waals surface area contributed by atoms with Gasteiger partial charge in [0.25, 0.3) is 0 Å². The van der Waals surface area contributed by atoms with E-state index in [2.05, 4.69) is 17.2 Å². The van der Waals surface area contributed by atoms with Crippen molar-refractivity contribution in [2.24, 2.45) is 0 Å². The number of ether oxygens (including phenoxy) is 2. The number of hydrogen-bond acceptors (Lipinski definition) is 6. The van der Waals surface area contributed by atoms with E-state index in [1.807, 2.05) is 0 Å². The standard InChI is InChI=1S/C13H23N3O5/c1-4-7-16(10-12(18)21-5-2)9-11(17)15-13(19)14-6-8-20-3/h4H,1,5-10H2,2-3H3,(H2,14,15,17,19). The first kappa shape index (κ1) is 19.1. The first-order valence-corrected chi connectivity index (χ1v) is 6.59. The number of rotatable bonds is 10. The van der Waals surface area contributed by atoms with E-state index in [0.717, 1.165) is 0 Å². The van der Waals surface area contributed by atoms with Crippen molar-refractivity contribution >= 4 is 17.9 Å². The van der Waals surface area contributed by atoms with E-state index >= 15 is 0 Å². The van der Waals surface area contributed by atoms with Crippen LogP contribution in [0, 0.1) is 0 Å². The summed E-state index contributed by atoms with van der Waals surface area (Å²) in [5, 5.41) is 4.61. The van der Waals surface area contributed by atoms with E-state index in [-0.39, 0.29) is 19.7 Å². The lowest BCUT2D eigenvalue weighted by atomic mass is 10.4. The van der Waals surface area contributed by atoms with Crippen LogP contribution in [0.1, 0.15) is 6.92 Å². The van der Waals surface area contributed by atoms with E-state index in [1.54, 1.807) is 13.0 Å². The highest BCUT2D eigenvalue weighted by atomic mass is 16.5. The van der Waals surface area contributed by atoms with Gasteiger partial charge in [-0.3, -0.25) is 19.8 Å². The summed E-state index contributed by atoms with van der Waals surface area (Å²) in [6.07, 6.45) is 1.56. The van der Waals surface area contributed by atoms with Gasteiger partial charge in [-0.25, -0.2) is 4.79 Å². The summed E-state index contributed by atoms with van der Waals surface area (Å²) >= 11 is 0. The topological polar surface area (TPSA) is 97.0 Å². The Morgan fingerprint density at radius 2 is 2.00 bits per heavy atom. The quantitative estimate of drug-likeness (QED) is 0.321. The summed E-state index contributed by atoms with van der Waals surface area (Å²) in [6.45, 7) is 6.36. The highest BCUT2D eigenvalue weighted by Crippen LogP contribution is 1.91. The molecule has 0 aromatic rings. The monoisotopic (exact) mass is 301 g/mol. The molecule has 0 aliphatic heterocycles. The van der Waals surface area contributed by atoms with Crippen LogP contribution >= 0.6 is 0 Å². The molecule has 0 atom stereocenters. The number of amides is 3. The average molecular weight is 301 g/mol. The molecule has 0 saturated heterocycles. The van der Waals surface area contributed by atoms with Gasteiger partial charge in [-0.2, -0.15) is 0 Å². The van der Waals surface area contributed by atoms with Gasteiger partial charge < -0.3 is 14.8 Å². The molecule has 0 aliphatic carbocycles. The lowest BCUT2D eigenvalue weighted by Crippen LogP contribution is -2.46. The zero-order valence-corrected chi connectivity index (χ0v) is 12.5. The molecule has 0 fully saturated rings. The molecule has 21 heavy (non-hydrogen) atoms. The Bertz CT molecular complexity index is 360. The highest BCUT2D eigenvalue weighted by molar-refractivity contribution is 5.95. The lowest BCUT2D eigenvalue weighted by Gasteiger charge is -2.18. The van der Waals surface area contributed by atoms with Gasteiger partial charge >= 0.3 is 12.0 Å². The Balaban J connectivity index is 4.18. The minimum absolute atomic E-state index is 0.0431. The van der Waals surface area contributed by atoms with Crippen molar-refractivity contribution in [1.29, 1.82) is 0 Å². The van der Waals surface area contributed by atoms with E-state index in [1.165, 1.54) is 12.0 Å². The molecule has 120 valence electrons. The fraction of sp³-hybridized carbons (Fsp3) is 0.615. The van der Waals surface area contributed by atoms with Crippen molar-refractivity contribution in [3.8, 4) is 0 Å². The van der Waals surface area contributed by atoms with Gasteiger partial charge in [0.1, 0.15) is 0 Å². The molecule has 0 heterocycles. The maximum Gasteiger partial charge on any atom is 0.321 e. The molecule has 0 radical (unpaired) electrons. The molecule has 2 N–H and O–H groups in total. The maximum absolute atomic E-state index is 11.7. The smallest absolute Gasteiger partial charge is 0.321 e. The maximum atomic E-state index is 11.7. The fourth-order valence-electron chi connectivity index (χ4n) is 1.44. The average Bonchev–Trinajstić information content (AvgIpc) is 2.39. The predicted octanol–water partition coefficient (Wildman–Crippen LogP) is -0.490. The fourth-order valence-corrected chi connectivity index (χ4v) is 1.44. The van der Waals surface area contributed by atoms with Crippen LogP contribution in [-0.2, 0) is 19.1 Å². The zero-order chi connectivity index (χ0) is 16.1. The number of imide groups is 1. The molecule has 0 bridgehead atoms. The molecule has 0 rings (SSSR count). The van der Waals surface area contributed by atoms with Gasteiger partial charge in [0.2, 0.25) is 5.91 Å². The number of esters is 1. The van der Waals surface area contributed by atoms with Crippen LogP contribution < -0.4 is 10.6 Å². The van der Waals surface area contributed by atoms with Crippen molar-refractivity contribution in [3.63, 3.8) is 0 Å². The molecule has 8 nitrogen and oxygen atoms in total. The van der Waals surface area contributed by atoms with Crippen LogP contribution in [0.3, 0.4) is 0 Å². The molecule has 0 aromatic heterocycles. The third-order valence-corrected chi connectivity index (χ3v) is 2.26. The number of urea groups is 1. The summed E-state index contributed by atoms with van der Waals surface area (Å²) in [6, 6.07) is -0.605. The van der Waals surface area contributed by atoms with Crippen LogP contribution in [0.5, 0.6) is 0 Å². The number of nitrogens with zero attached hydrogens (tertiary/aromatic N) is 1. The van der Waals surface area contributed by atoms with Gasteiger partial charge in [0, 0.05) is 20.2 Å². The summed E-state index contributed by atoms with van der Waals surface area (Å²) in [4.78, 5) is 35.9. The number of hydrogen-bond donors (Lipinski definition) is 2. The molecule has 3 amide bonds. The van der Waals surface area contributed by atoms with Gasteiger partial charge in [-0.1, -0.05) is 6.08 Å². The number of methoxy groups -OCH3 is 1. The minimum atomic E-state index is -0.605. The van der Waals surface area contributed by atoms with Crippen LogP contribution in [0.2, 0.25) is 0 Å².